The van der Waals surface area contributed by atoms with E-state index in [-0.39, 0.29) is 0 Å². The molecule has 0 aromatic heterocycles. The molecule has 0 bridgehead atoms. The molecule has 0 aliphatic carbocycles. The van der Waals surface area contributed by atoms with Crippen LogP contribution in [0.1, 0.15) is 38.5 Å². The Bertz CT molecular complexity index is 202. The SMILES string of the molecule is CN1CCC(CCNCCCCC#N)CC1. The molecule has 3 heteroatoms. The molecule has 16 heavy (non-hydrogen) atoms. The lowest BCUT2D eigenvalue weighted by Crippen LogP contribution is -2.31. The summed E-state index contributed by atoms with van der Waals surface area (Å²) in [5, 5.41) is 11.9. The monoisotopic (exact) mass is 223 g/mol. The molecule has 1 fully saturated rings. The van der Waals surface area contributed by atoms with Crippen molar-refractivity contribution in [2.45, 2.75) is 38.5 Å². The summed E-state index contributed by atoms with van der Waals surface area (Å²) >= 11 is 0. The van der Waals surface area contributed by atoms with Gasteiger partial charge in [-0.15, -0.1) is 0 Å². The highest BCUT2D eigenvalue weighted by Crippen LogP contribution is 2.18. The van der Waals surface area contributed by atoms with E-state index in [0.717, 1.165) is 31.8 Å². The van der Waals surface area contributed by atoms with Crippen LogP contribution in [-0.2, 0) is 0 Å². The van der Waals surface area contributed by atoms with Crippen molar-refractivity contribution in [3.63, 3.8) is 0 Å². The van der Waals surface area contributed by atoms with Crippen LogP contribution in [0.4, 0.5) is 0 Å². The van der Waals surface area contributed by atoms with Crippen LogP contribution in [0.25, 0.3) is 0 Å². The summed E-state index contributed by atoms with van der Waals surface area (Å²) < 4.78 is 0. The molecule has 1 heterocycles. The van der Waals surface area contributed by atoms with Gasteiger partial charge in [0.15, 0.2) is 0 Å². The minimum absolute atomic E-state index is 0.705. The van der Waals surface area contributed by atoms with Crippen LogP contribution in [0.5, 0.6) is 0 Å². The highest BCUT2D eigenvalue weighted by Gasteiger charge is 2.15. The molecule has 1 saturated heterocycles. The maximum atomic E-state index is 8.39. The van der Waals surface area contributed by atoms with Crippen LogP contribution in [-0.4, -0.2) is 38.1 Å². The number of nitriles is 1. The Balaban J connectivity index is 1.86. The number of unbranched alkanes of at least 4 members (excludes halogenated alkanes) is 2. The van der Waals surface area contributed by atoms with E-state index in [1.54, 1.807) is 0 Å². The van der Waals surface area contributed by atoms with Crippen LogP contribution in [0.2, 0.25) is 0 Å². The summed E-state index contributed by atoms with van der Waals surface area (Å²) in [7, 11) is 2.21. The van der Waals surface area contributed by atoms with E-state index >= 15 is 0 Å². The van der Waals surface area contributed by atoms with E-state index in [9.17, 15) is 0 Å². The third kappa shape index (κ3) is 6.09. The first-order valence-corrected chi connectivity index (χ1v) is 6.59. The van der Waals surface area contributed by atoms with Gasteiger partial charge in [0.05, 0.1) is 6.07 Å². The molecule has 0 aromatic rings. The predicted molar refractivity (Wildman–Crippen MR) is 67.2 cm³/mol. The number of nitrogens with one attached hydrogen (secondary N) is 1. The van der Waals surface area contributed by atoms with E-state index in [2.05, 4.69) is 23.3 Å². The first kappa shape index (κ1) is 13.5. The zero-order chi connectivity index (χ0) is 11.6. The molecule has 1 rings (SSSR count). The smallest absolute Gasteiger partial charge is 0.0621 e. The van der Waals surface area contributed by atoms with Gasteiger partial charge in [0.25, 0.3) is 0 Å². The molecule has 0 spiro atoms. The van der Waals surface area contributed by atoms with Gasteiger partial charge in [-0.3, -0.25) is 0 Å². The van der Waals surface area contributed by atoms with Crippen LogP contribution in [0, 0.1) is 17.2 Å². The first-order valence-electron chi connectivity index (χ1n) is 6.59. The van der Waals surface area contributed by atoms with Crippen molar-refractivity contribution in [1.82, 2.24) is 10.2 Å². The average molecular weight is 223 g/mol. The molecular weight excluding hydrogens is 198 g/mol. The minimum Gasteiger partial charge on any atom is -0.317 e. The summed E-state index contributed by atoms with van der Waals surface area (Å²) in [6.07, 6.45) is 6.95. The molecule has 1 N–H and O–H groups in total. The standard InChI is InChI=1S/C13H25N3/c1-16-11-6-13(7-12-16)5-10-15-9-4-2-3-8-14/h13,15H,2-7,9-12H2,1H3. The molecule has 0 saturated carbocycles. The fourth-order valence-corrected chi connectivity index (χ4v) is 2.24. The Labute approximate surface area is 99.8 Å². The fraction of sp³-hybridized carbons (Fsp3) is 0.923. The minimum atomic E-state index is 0.705. The largest absolute Gasteiger partial charge is 0.317 e. The van der Waals surface area contributed by atoms with Crippen molar-refractivity contribution < 1.29 is 0 Å². The maximum Gasteiger partial charge on any atom is 0.0621 e. The molecular formula is C13H25N3. The molecule has 1 aliphatic heterocycles. The normalized spacial score (nSPS) is 18.5. The highest BCUT2D eigenvalue weighted by molar-refractivity contribution is 4.71. The third-order valence-electron chi connectivity index (χ3n) is 3.46. The van der Waals surface area contributed by atoms with E-state index < -0.39 is 0 Å². The van der Waals surface area contributed by atoms with Crippen molar-refractivity contribution in [1.29, 1.82) is 5.26 Å². The van der Waals surface area contributed by atoms with Gasteiger partial charge in [0.1, 0.15) is 0 Å². The molecule has 0 amide bonds. The van der Waals surface area contributed by atoms with Crippen molar-refractivity contribution in [3.8, 4) is 6.07 Å². The van der Waals surface area contributed by atoms with E-state index in [0.29, 0.717) is 6.42 Å². The molecule has 0 unspecified atom stereocenters. The Hall–Kier alpha value is -0.590. The molecule has 0 atom stereocenters. The lowest BCUT2D eigenvalue weighted by Gasteiger charge is -2.28. The lowest BCUT2D eigenvalue weighted by molar-refractivity contribution is 0.211. The van der Waals surface area contributed by atoms with Gasteiger partial charge in [0.2, 0.25) is 0 Å². The summed E-state index contributed by atoms with van der Waals surface area (Å²) in [5.74, 6) is 0.933. The molecule has 0 radical (unpaired) electrons. The summed E-state index contributed by atoms with van der Waals surface area (Å²) in [6, 6.07) is 2.18. The second-order valence-electron chi connectivity index (χ2n) is 4.90. The number of hydrogen-bond acceptors (Lipinski definition) is 3. The van der Waals surface area contributed by atoms with Gasteiger partial charge < -0.3 is 10.2 Å². The highest BCUT2D eigenvalue weighted by atomic mass is 15.1. The van der Waals surface area contributed by atoms with E-state index in [1.165, 1.54) is 32.4 Å². The van der Waals surface area contributed by atoms with Crippen LogP contribution >= 0.6 is 0 Å². The summed E-state index contributed by atoms with van der Waals surface area (Å²) in [5.41, 5.74) is 0. The molecule has 3 nitrogen and oxygen atoms in total. The lowest BCUT2D eigenvalue weighted by atomic mass is 9.94. The Morgan fingerprint density at radius 2 is 2.00 bits per heavy atom. The maximum absolute atomic E-state index is 8.39. The van der Waals surface area contributed by atoms with Crippen molar-refractivity contribution in [2.24, 2.45) is 5.92 Å². The number of nitrogens with zero attached hydrogens (tertiary/aromatic N) is 2. The van der Waals surface area contributed by atoms with Gasteiger partial charge in [-0.1, -0.05) is 0 Å². The number of hydrogen-bond donors (Lipinski definition) is 1. The zero-order valence-electron chi connectivity index (χ0n) is 10.5. The Kier molecular flexibility index (Phi) is 7.20. The summed E-state index contributed by atoms with van der Waals surface area (Å²) in [4.78, 5) is 2.42. The van der Waals surface area contributed by atoms with Gasteiger partial charge in [-0.05, 0) is 71.2 Å². The van der Waals surface area contributed by atoms with Crippen LogP contribution in [0.3, 0.4) is 0 Å². The number of piperidine rings is 1. The Morgan fingerprint density at radius 3 is 2.69 bits per heavy atom. The quantitative estimate of drug-likeness (QED) is 0.671. The van der Waals surface area contributed by atoms with Crippen molar-refractivity contribution in [3.05, 3.63) is 0 Å². The summed E-state index contributed by atoms with van der Waals surface area (Å²) in [6.45, 7) is 4.77. The van der Waals surface area contributed by atoms with Crippen LogP contribution < -0.4 is 5.32 Å². The van der Waals surface area contributed by atoms with E-state index in [1.807, 2.05) is 0 Å². The second kappa shape index (κ2) is 8.55. The first-order chi connectivity index (χ1) is 7.83. The van der Waals surface area contributed by atoms with E-state index in [4.69, 9.17) is 5.26 Å². The Morgan fingerprint density at radius 1 is 1.25 bits per heavy atom. The fourth-order valence-electron chi connectivity index (χ4n) is 2.24. The van der Waals surface area contributed by atoms with Crippen molar-refractivity contribution >= 4 is 0 Å². The topological polar surface area (TPSA) is 39.1 Å². The second-order valence-corrected chi connectivity index (χ2v) is 4.90. The van der Waals surface area contributed by atoms with Gasteiger partial charge in [-0.25, -0.2) is 0 Å². The van der Waals surface area contributed by atoms with Gasteiger partial charge in [-0.2, -0.15) is 5.26 Å². The number of likely N-dealkylation sites (tertiary alicyclic amines) is 1. The molecule has 0 aromatic carbocycles. The average Bonchev–Trinajstić information content (AvgIpc) is 2.30. The van der Waals surface area contributed by atoms with Crippen molar-refractivity contribution in [2.75, 3.05) is 33.2 Å². The zero-order valence-corrected chi connectivity index (χ0v) is 10.5. The predicted octanol–water partition coefficient (Wildman–Crippen LogP) is 2.00. The van der Waals surface area contributed by atoms with Gasteiger partial charge in [0, 0.05) is 6.42 Å². The van der Waals surface area contributed by atoms with Crippen LogP contribution in [0.15, 0.2) is 0 Å². The molecule has 1 aliphatic rings. The third-order valence-corrected chi connectivity index (χ3v) is 3.46. The number of rotatable bonds is 7. The van der Waals surface area contributed by atoms with Gasteiger partial charge >= 0.3 is 0 Å². The molecule has 92 valence electrons.